The van der Waals surface area contributed by atoms with Gasteiger partial charge in [-0.3, -0.25) is 9.59 Å². The Hall–Kier alpha value is -1.18. The van der Waals surface area contributed by atoms with Crippen molar-refractivity contribution in [1.82, 2.24) is 0 Å². The Morgan fingerprint density at radius 3 is 1.26 bits per heavy atom. The number of aliphatic hydroxyl groups is 3. The predicted molar refractivity (Wildman–Crippen MR) is 134 cm³/mol. The van der Waals surface area contributed by atoms with Crippen molar-refractivity contribution in [2.75, 3.05) is 13.2 Å². The Bertz CT molecular complexity index is 442. The summed E-state index contributed by atoms with van der Waals surface area (Å²) in [5.74, 6) is -0.853. The fourth-order valence-corrected chi connectivity index (χ4v) is 3.79. The lowest BCUT2D eigenvalue weighted by atomic mass is 10.0. The minimum Gasteiger partial charge on any atom is -0.463 e. The number of ether oxygens (including phenoxy) is 2. The molecule has 0 aliphatic rings. The summed E-state index contributed by atoms with van der Waals surface area (Å²) in [5.41, 5.74) is 0. The van der Waals surface area contributed by atoms with Gasteiger partial charge in [0.05, 0.1) is 12.2 Å². The van der Waals surface area contributed by atoms with E-state index in [9.17, 15) is 24.9 Å². The molecule has 0 aromatic carbocycles. The van der Waals surface area contributed by atoms with Crippen LogP contribution < -0.4 is 0 Å². The van der Waals surface area contributed by atoms with Crippen LogP contribution in [0.25, 0.3) is 0 Å². The van der Waals surface area contributed by atoms with Crippen LogP contribution in [0.5, 0.6) is 0 Å². The second-order valence-electron chi connectivity index (χ2n) is 9.52. The highest BCUT2D eigenvalue weighted by Crippen LogP contribution is 2.13. The van der Waals surface area contributed by atoms with Crippen molar-refractivity contribution in [1.29, 1.82) is 0 Å². The normalized spacial score (nSPS) is 13.9. The van der Waals surface area contributed by atoms with Gasteiger partial charge in [-0.1, -0.05) is 78.1 Å². The molecule has 0 aliphatic heterocycles. The van der Waals surface area contributed by atoms with Gasteiger partial charge in [-0.25, -0.2) is 0 Å². The molecule has 202 valence electrons. The predicted octanol–water partition coefficient (Wildman–Crippen LogP) is 5.22. The minimum absolute atomic E-state index is 0.195. The van der Waals surface area contributed by atoms with Crippen LogP contribution in [0.1, 0.15) is 129 Å². The molecule has 7 nitrogen and oxygen atoms in total. The van der Waals surface area contributed by atoms with Gasteiger partial charge >= 0.3 is 11.9 Å². The lowest BCUT2D eigenvalue weighted by molar-refractivity contribution is -0.152. The van der Waals surface area contributed by atoms with Crippen molar-refractivity contribution in [3.8, 4) is 0 Å². The molecule has 0 heterocycles. The molecule has 0 saturated heterocycles. The monoisotopic (exact) mass is 488 g/mol. The third-order valence-electron chi connectivity index (χ3n) is 5.99. The average molecular weight is 489 g/mol. The Morgan fingerprint density at radius 2 is 0.882 bits per heavy atom. The van der Waals surface area contributed by atoms with Crippen LogP contribution in [0, 0.1) is 0 Å². The molecule has 0 aromatic rings. The summed E-state index contributed by atoms with van der Waals surface area (Å²) >= 11 is 0. The van der Waals surface area contributed by atoms with E-state index in [0.717, 1.165) is 38.5 Å². The molecular weight excluding hydrogens is 436 g/mol. The number of unbranched alkanes of at least 4 members (excludes halogenated alkanes) is 8. The molecule has 0 rings (SSSR count). The van der Waals surface area contributed by atoms with E-state index >= 15 is 0 Å². The molecule has 0 fully saturated rings. The molecule has 0 amide bonds. The summed E-state index contributed by atoms with van der Waals surface area (Å²) in [6.07, 6.45) is 13.9. The molecule has 0 aliphatic carbocycles. The number of hydrogen-bond acceptors (Lipinski definition) is 7. The third kappa shape index (κ3) is 22.6. The van der Waals surface area contributed by atoms with Crippen molar-refractivity contribution in [2.45, 2.75) is 148 Å². The molecule has 0 aromatic heterocycles. The van der Waals surface area contributed by atoms with Crippen LogP contribution in [0.3, 0.4) is 0 Å². The summed E-state index contributed by atoms with van der Waals surface area (Å²) in [4.78, 5) is 23.6. The number of hydrogen-bond donors (Lipinski definition) is 3. The maximum atomic E-state index is 11.8. The zero-order valence-electron chi connectivity index (χ0n) is 21.8. The number of rotatable bonds is 24. The molecule has 3 N–H and O–H groups in total. The minimum atomic E-state index is -1.06. The van der Waals surface area contributed by atoms with E-state index in [1.165, 1.54) is 38.5 Å². The van der Waals surface area contributed by atoms with E-state index in [4.69, 9.17) is 9.47 Å². The Balaban J connectivity index is 3.65. The van der Waals surface area contributed by atoms with Crippen LogP contribution in [-0.4, -0.2) is 58.8 Å². The standard InChI is InChI=1S/C27H52O7/c1-3-5-7-9-11-15-23(28)17-13-19-26(31)33-21-25(30)22-34-27(32)20-14-18-24(29)16-12-10-8-6-4-2/h23-25,28-30H,3-22H2,1-2H3. The molecule has 2 atom stereocenters. The first-order valence-electron chi connectivity index (χ1n) is 13.7. The van der Waals surface area contributed by atoms with Crippen molar-refractivity contribution < 1.29 is 34.4 Å². The van der Waals surface area contributed by atoms with Gasteiger partial charge in [-0.2, -0.15) is 0 Å². The summed E-state index contributed by atoms with van der Waals surface area (Å²) in [5, 5.41) is 29.8. The topological polar surface area (TPSA) is 113 Å². The summed E-state index contributed by atoms with van der Waals surface area (Å²) < 4.78 is 10.0. The molecular formula is C27H52O7. The van der Waals surface area contributed by atoms with Gasteiger partial charge in [0.25, 0.3) is 0 Å². The Morgan fingerprint density at radius 1 is 0.529 bits per heavy atom. The SMILES string of the molecule is CCCCCCCC(O)CCCC(=O)OCC(O)COC(=O)CCCC(O)CCCCCCC. The van der Waals surface area contributed by atoms with Crippen LogP contribution in [0.4, 0.5) is 0 Å². The second-order valence-corrected chi connectivity index (χ2v) is 9.52. The lowest BCUT2D eigenvalue weighted by Gasteiger charge is -2.13. The van der Waals surface area contributed by atoms with Gasteiger partial charge in [0.15, 0.2) is 0 Å². The van der Waals surface area contributed by atoms with Crippen molar-refractivity contribution >= 4 is 11.9 Å². The maximum Gasteiger partial charge on any atom is 0.305 e. The van der Waals surface area contributed by atoms with Crippen LogP contribution in [-0.2, 0) is 19.1 Å². The summed E-state index contributed by atoms with van der Waals surface area (Å²) in [6, 6.07) is 0. The van der Waals surface area contributed by atoms with E-state index in [1.807, 2.05) is 0 Å². The molecule has 2 unspecified atom stereocenters. The lowest BCUT2D eigenvalue weighted by Crippen LogP contribution is -2.25. The second kappa shape index (κ2) is 23.6. The van der Waals surface area contributed by atoms with Gasteiger partial charge in [-0.05, 0) is 38.5 Å². The van der Waals surface area contributed by atoms with Crippen LogP contribution in [0.15, 0.2) is 0 Å². The number of carbonyl (C=O) groups excluding carboxylic acids is 2. The van der Waals surface area contributed by atoms with Crippen LogP contribution in [0.2, 0.25) is 0 Å². The summed E-state index contributed by atoms with van der Waals surface area (Å²) in [7, 11) is 0. The van der Waals surface area contributed by atoms with E-state index < -0.39 is 18.0 Å². The van der Waals surface area contributed by atoms with E-state index in [2.05, 4.69) is 13.8 Å². The zero-order valence-corrected chi connectivity index (χ0v) is 21.8. The smallest absolute Gasteiger partial charge is 0.305 e. The van der Waals surface area contributed by atoms with Crippen molar-refractivity contribution in [2.24, 2.45) is 0 Å². The Labute approximate surface area is 207 Å². The Kier molecular flexibility index (Phi) is 22.7. The molecule has 0 radical (unpaired) electrons. The average Bonchev–Trinajstić information content (AvgIpc) is 2.81. The van der Waals surface area contributed by atoms with E-state index in [0.29, 0.717) is 25.7 Å². The largest absolute Gasteiger partial charge is 0.463 e. The van der Waals surface area contributed by atoms with Gasteiger partial charge in [-0.15, -0.1) is 0 Å². The first-order chi connectivity index (χ1) is 16.4. The van der Waals surface area contributed by atoms with Gasteiger partial charge in [0.2, 0.25) is 0 Å². The highest BCUT2D eigenvalue weighted by Gasteiger charge is 2.13. The molecule has 34 heavy (non-hydrogen) atoms. The quantitative estimate of drug-likeness (QED) is 0.126. The fraction of sp³-hybridized carbons (Fsp3) is 0.926. The van der Waals surface area contributed by atoms with Gasteiger partial charge < -0.3 is 24.8 Å². The van der Waals surface area contributed by atoms with Crippen molar-refractivity contribution in [3.63, 3.8) is 0 Å². The first-order valence-corrected chi connectivity index (χ1v) is 13.7. The highest BCUT2D eigenvalue weighted by molar-refractivity contribution is 5.69. The zero-order chi connectivity index (χ0) is 25.4. The molecule has 0 spiro atoms. The number of esters is 2. The number of carbonyl (C=O) groups is 2. The molecule has 0 saturated carbocycles. The molecule has 7 heteroatoms. The van der Waals surface area contributed by atoms with E-state index in [-0.39, 0.29) is 38.3 Å². The van der Waals surface area contributed by atoms with Crippen LogP contribution >= 0.6 is 0 Å². The fourth-order valence-electron chi connectivity index (χ4n) is 3.79. The van der Waals surface area contributed by atoms with Gasteiger partial charge in [0, 0.05) is 12.8 Å². The third-order valence-corrected chi connectivity index (χ3v) is 5.99. The maximum absolute atomic E-state index is 11.8. The number of aliphatic hydroxyl groups excluding tert-OH is 3. The summed E-state index contributed by atoms with van der Waals surface area (Å²) in [6.45, 7) is 3.91. The van der Waals surface area contributed by atoms with Crippen molar-refractivity contribution in [3.05, 3.63) is 0 Å². The van der Waals surface area contributed by atoms with E-state index in [1.54, 1.807) is 0 Å². The first kappa shape index (κ1) is 32.8. The van der Waals surface area contributed by atoms with Gasteiger partial charge in [0.1, 0.15) is 19.3 Å². The highest BCUT2D eigenvalue weighted by atomic mass is 16.6. The molecule has 0 bridgehead atoms.